The number of rotatable bonds is 7. The first-order valence-electron chi connectivity index (χ1n) is 9.94. The molecule has 1 aromatic heterocycles. The van der Waals surface area contributed by atoms with Gasteiger partial charge in [-0.1, -0.05) is 25.3 Å². The van der Waals surface area contributed by atoms with Crippen LogP contribution in [0.4, 0.5) is 0 Å². The standard InChI is InChI=1S/C20H33N3O2S/c1-17(18-7-6-14-26-18)22(2)15-19(24)21-16-20(8-4-3-5-9-20)23-10-12-25-13-11-23/h6-7,14,17H,3-5,8-13,15-16H2,1-2H3,(H,21,24). The number of hydrogen-bond acceptors (Lipinski definition) is 5. The summed E-state index contributed by atoms with van der Waals surface area (Å²) >= 11 is 1.75. The van der Waals surface area contributed by atoms with E-state index in [-0.39, 0.29) is 17.5 Å². The van der Waals surface area contributed by atoms with Gasteiger partial charge in [-0.3, -0.25) is 14.6 Å². The fraction of sp³-hybridized carbons (Fsp3) is 0.750. The summed E-state index contributed by atoms with van der Waals surface area (Å²) in [5.74, 6) is 0.133. The van der Waals surface area contributed by atoms with Gasteiger partial charge in [0.1, 0.15) is 0 Å². The summed E-state index contributed by atoms with van der Waals surface area (Å²) in [7, 11) is 2.03. The van der Waals surface area contributed by atoms with E-state index in [4.69, 9.17) is 4.74 Å². The quantitative estimate of drug-likeness (QED) is 0.791. The highest BCUT2D eigenvalue weighted by Crippen LogP contribution is 2.34. The van der Waals surface area contributed by atoms with Crippen molar-refractivity contribution in [3.8, 4) is 0 Å². The number of amides is 1. The molecule has 146 valence electrons. The largest absolute Gasteiger partial charge is 0.379 e. The number of thiophene rings is 1. The minimum atomic E-state index is 0.133. The van der Waals surface area contributed by atoms with Crippen LogP contribution in [0, 0.1) is 0 Å². The Morgan fingerprint density at radius 2 is 2.08 bits per heavy atom. The predicted molar refractivity (Wildman–Crippen MR) is 107 cm³/mol. The van der Waals surface area contributed by atoms with E-state index < -0.39 is 0 Å². The number of hydrogen-bond donors (Lipinski definition) is 1. The Kier molecular flexibility index (Phi) is 7.09. The van der Waals surface area contributed by atoms with Crippen LogP contribution >= 0.6 is 11.3 Å². The summed E-state index contributed by atoms with van der Waals surface area (Å²) in [6.45, 7) is 6.99. The molecule has 26 heavy (non-hydrogen) atoms. The molecule has 1 amide bonds. The Hall–Kier alpha value is -0.950. The molecule has 1 unspecified atom stereocenters. The third-order valence-electron chi connectivity index (χ3n) is 6.09. The smallest absolute Gasteiger partial charge is 0.234 e. The molecule has 0 radical (unpaired) electrons. The van der Waals surface area contributed by atoms with E-state index in [0.29, 0.717) is 6.54 Å². The van der Waals surface area contributed by atoms with E-state index in [9.17, 15) is 4.79 Å². The van der Waals surface area contributed by atoms with Crippen molar-refractivity contribution < 1.29 is 9.53 Å². The molecule has 1 N–H and O–H groups in total. The number of morpholine rings is 1. The molecule has 5 nitrogen and oxygen atoms in total. The first-order chi connectivity index (χ1) is 12.6. The molecule has 1 saturated heterocycles. The van der Waals surface area contributed by atoms with Crippen LogP contribution in [0.1, 0.15) is 49.9 Å². The van der Waals surface area contributed by atoms with Gasteiger partial charge < -0.3 is 10.1 Å². The molecule has 1 aliphatic heterocycles. The van der Waals surface area contributed by atoms with E-state index in [1.807, 2.05) is 7.05 Å². The summed E-state index contributed by atoms with van der Waals surface area (Å²) in [5.41, 5.74) is 0.135. The summed E-state index contributed by atoms with van der Waals surface area (Å²) < 4.78 is 5.54. The van der Waals surface area contributed by atoms with Gasteiger partial charge in [-0.15, -0.1) is 11.3 Å². The van der Waals surface area contributed by atoms with Crippen molar-refractivity contribution in [2.45, 2.75) is 50.6 Å². The number of carbonyl (C=O) groups is 1. The average molecular weight is 380 g/mol. The van der Waals surface area contributed by atoms with Crippen LogP contribution in [0.3, 0.4) is 0 Å². The van der Waals surface area contributed by atoms with Crippen molar-refractivity contribution in [3.63, 3.8) is 0 Å². The van der Waals surface area contributed by atoms with E-state index in [1.54, 1.807) is 11.3 Å². The number of likely N-dealkylation sites (N-methyl/N-ethyl adjacent to an activating group) is 1. The molecule has 3 rings (SSSR count). The topological polar surface area (TPSA) is 44.8 Å². The first-order valence-corrected chi connectivity index (χ1v) is 10.8. The lowest BCUT2D eigenvalue weighted by molar-refractivity contribution is -0.123. The summed E-state index contributed by atoms with van der Waals surface area (Å²) in [5, 5.41) is 5.35. The third kappa shape index (κ3) is 4.85. The van der Waals surface area contributed by atoms with E-state index >= 15 is 0 Å². The highest BCUT2D eigenvalue weighted by molar-refractivity contribution is 7.10. The molecular formula is C20H33N3O2S. The molecule has 0 spiro atoms. The maximum atomic E-state index is 12.6. The normalized spacial score (nSPS) is 22.3. The summed E-state index contributed by atoms with van der Waals surface area (Å²) in [6, 6.07) is 4.47. The summed E-state index contributed by atoms with van der Waals surface area (Å²) in [6.07, 6.45) is 6.23. The fourth-order valence-electron chi connectivity index (χ4n) is 4.28. The van der Waals surface area contributed by atoms with Crippen molar-refractivity contribution >= 4 is 17.2 Å². The van der Waals surface area contributed by atoms with Crippen LogP contribution in [0.5, 0.6) is 0 Å². The van der Waals surface area contributed by atoms with E-state index in [0.717, 1.165) is 32.8 Å². The Bertz CT molecular complexity index is 551. The molecule has 1 aromatic rings. The van der Waals surface area contributed by atoms with Gasteiger partial charge in [0.25, 0.3) is 0 Å². The SMILES string of the molecule is CC(c1cccs1)N(C)CC(=O)NCC1(N2CCOCC2)CCCCC1. The second-order valence-corrected chi connectivity index (χ2v) is 8.75. The van der Waals surface area contributed by atoms with Gasteiger partial charge in [-0.2, -0.15) is 0 Å². The Labute approximate surface area is 161 Å². The minimum absolute atomic E-state index is 0.133. The minimum Gasteiger partial charge on any atom is -0.379 e. The van der Waals surface area contributed by atoms with Gasteiger partial charge in [-0.05, 0) is 38.3 Å². The number of ether oxygens (including phenoxy) is 1. The van der Waals surface area contributed by atoms with Crippen LogP contribution in [-0.4, -0.2) is 67.7 Å². The lowest BCUT2D eigenvalue weighted by atomic mass is 9.79. The lowest BCUT2D eigenvalue weighted by Crippen LogP contribution is -2.60. The molecule has 2 aliphatic rings. The van der Waals surface area contributed by atoms with Crippen LogP contribution in [0.25, 0.3) is 0 Å². The number of nitrogens with zero attached hydrogens (tertiary/aromatic N) is 2. The van der Waals surface area contributed by atoms with Crippen molar-refractivity contribution in [1.29, 1.82) is 0 Å². The molecular weight excluding hydrogens is 346 g/mol. The van der Waals surface area contributed by atoms with Crippen LogP contribution in [-0.2, 0) is 9.53 Å². The highest BCUT2D eigenvalue weighted by atomic mass is 32.1. The zero-order valence-corrected chi connectivity index (χ0v) is 17.0. The second kappa shape index (κ2) is 9.31. The van der Waals surface area contributed by atoms with Crippen LogP contribution in [0.2, 0.25) is 0 Å². The van der Waals surface area contributed by atoms with Gasteiger partial charge in [-0.25, -0.2) is 0 Å². The zero-order valence-electron chi connectivity index (χ0n) is 16.2. The molecule has 0 bridgehead atoms. The Balaban J connectivity index is 1.53. The molecule has 1 saturated carbocycles. The molecule has 1 aliphatic carbocycles. The van der Waals surface area contributed by atoms with Gasteiger partial charge in [0.05, 0.1) is 19.8 Å². The van der Waals surface area contributed by atoms with E-state index in [2.05, 4.69) is 39.6 Å². The first kappa shape index (κ1) is 19.8. The monoisotopic (exact) mass is 379 g/mol. The maximum Gasteiger partial charge on any atom is 0.234 e. The zero-order chi connectivity index (χ0) is 18.4. The van der Waals surface area contributed by atoms with Gasteiger partial charge in [0.2, 0.25) is 5.91 Å². The van der Waals surface area contributed by atoms with Gasteiger partial charge in [0, 0.05) is 36.1 Å². The molecule has 2 fully saturated rings. The lowest BCUT2D eigenvalue weighted by Gasteiger charge is -2.48. The second-order valence-electron chi connectivity index (χ2n) is 7.77. The number of carbonyl (C=O) groups excluding carboxylic acids is 1. The number of nitrogens with one attached hydrogen (secondary N) is 1. The van der Waals surface area contributed by atoms with Crippen molar-refractivity contribution in [1.82, 2.24) is 15.1 Å². The predicted octanol–water partition coefficient (Wildman–Crippen LogP) is 2.89. The van der Waals surface area contributed by atoms with Gasteiger partial charge >= 0.3 is 0 Å². The van der Waals surface area contributed by atoms with Crippen LogP contribution < -0.4 is 5.32 Å². The fourth-order valence-corrected chi connectivity index (χ4v) is 5.13. The molecule has 1 atom stereocenters. The highest BCUT2D eigenvalue weighted by Gasteiger charge is 2.38. The summed E-state index contributed by atoms with van der Waals surface area (Å²) in [4.78, 5) is 18.6. The molecule has 0 aromatic carbocycles. The van der Waals surface area contributed by atoms with Crippen molar-refractivity contribution in [2.75, 3.05) is 46.4 Å². The van der Waals surface area contributed by atoms with Crippen molar-refractivity contribution in [2.24, 2.45) is 0 Å². The maximum absolute atomic E-state index is 12.6. The van der Waals surface area contributed by atoms with Crippen LogP contribution in [0.15, 0.2) is 17.5 Å². The molecule has 6 heteroatoms. The third-order valence-corrected chi connectivity index (χ3v) is 7.13. The molecule has 2 heterocycles. The van der Waals surface area contributed by atoms with Gasteiger partial charge in [0.15, 0.2) is 0 Å². The van der Waals surface area contributed by atoms with Crippen molar-refractivity contribution in [3.05, 3.63) is 22.4 Å². The Morgan fingerprint density at radius 3 is 2.73 bits per heavy atom. The average Bonchev–Trinajstić information content (AvgIpc) is 3.22. The van der Waals surface area contributed by atoms with E-state index in [1.165, 1.54) is 37.0 Å². The Morgan fingerprint density at radius 1 is 1.35 bits per heavy atom.